The summed E-state index contributed by atoms with van der Waals surface area (Å²) in [6, 6.07) is 11.3. The zero-order chi connectivity index (χ0) is 22.1. The highest BCUT2D eigenvalue weighted by molar-refractivity contribution is 7.99. The van der Waals surface area contributed by atoms with E-state index in [1.165, 1.54) is 28.0 Å². The van der Waals surface area contributed by atoms with Crippen LogP contribution < -0.4 is 10.9 Å². The van der Waals surface area contributed by atoms with E-state index in [0.717, 1.165) is 17.3 Å². The molecule has 0 aliphatic heterocycles. The first-order valence-electron chi connectivity index (χ1n) is 9.29. The van der Waals surface area contributed by atoms with Gasteiger partial charge in [0.25, 0.3) is 5.56 Å². The molecule has 2 aromatic carbocycles. The number of fused-ring (bicyclic) bond motifs is 1. The van der Waals surface area contributed by atoms with Crippen LogP contribution in [0.1, 0.15) is 11.1 Å². The van der Waals surface area contributed by atoms with E-state index in [1.54, 1.807) is 36.6 Å². The number of thioether (sulfide) groups is 1. The lowest BCUT2D eigenvalue weighted by Crippen LogP contribution is -2.23. The summed E-state index contributed by atoms with van der Waals surface area (Å²) in [5, 5.41) is 5.38. The summed E-state index contributed by atoms with van der Waals surface area (Å²) in [4.78, 5) is 30.3. The number of amides is 1. The standard InChI is InChI=1S/C22H17ClFN3O2S2/c1-12-3-5-16(15(23)9-12)25-19(28)11-31-22-26-17-7-8-30-20(17)21(29)27(22)18-6-4-14(24)10-13(18)2/h3-10H,11H2,1-2H3,(H,25,28). The predicted molar refractivity (Wildman–Crippen MR) is 125 cm³/mol. The molecular weight excluding hydrogens is 457 g/mol. The van der Waals surface area contributed by atoms with Crippen LogP contribution in [0.2, 0.25) is 5.02 Å². The maximum absolute atomic E-state index is 13.6. The van der Waals surface area contributed by atoms with Crippen LogP contribution in [-0.2, 0) is 4.79 Å². The number of nitrogens with one attached hydrogen (secondary N) is 1. The SMILES string of the molecule is Cc1ccc(NC(=O)CSc2nc3ccsc3c(=O)n2-c2ccc(F)cc2C)c(Cl)c1. The van der Waals surface area contributed by atoms with Crippen LogP contribution in [0.25, 0.3) is 15.9 Å². The molecule has 0 aliphatic rings. The van der Waals surface area contributed by atoms with Crippen LogP contribution in [0.15, 0.2) is 57.8 Å². The molecule has 9 heteroatoms. The molecule has 0 fully saturated rings. The van der Waals surface area contributed by atoms with E-state index in [2.05, 4.69) is 10.3 Å². The zero-order valence-electron chi connectivity index (χ0n) is 16.6. The molecule has 5 nitrogen and oxygen atoms in total. The molecule has 4 aromatic rings. The molecule has 4 rings (SSSR count). The van der Waals surface area contributed by atoms with Gasteiger partial charge in [-0.15, -0.1) is 11.3 Å². The number of hydrogen-bond acceptors (Lipinski definition) is 5. The molecule has 0 saturated carbocycles. The van der Waals surface area contributed by atoms with Crippen molar-refractivity contribution >= 4 is 56.5 Å². The van der Waals surface area contributed by atoms with E-state index in [1.807, 2.05) is 13.0 Å². The van der Waals surface area contributed by atoms with Crippen LogP contribution in [0.5, 0.6) is 0 Å². The Bertz CT molecular complexity index is 1370. The van der Waals surface area contributed by atoms with E-state index < -0.39 is 0 Å². The van der Waals surface area contributed by atoms with Gasteiger partial charge in [0.2, 0.25) is 5.91 Å². The molecule has 0 atom stereocenters. The molecule has 2 aromatic heterocycles. The molecule has 0 radical (unpaired) electrons. The van der Waals surface area contributed by atoms with Gasteiger partial charge in [0.1, 0.15) is 10.5 Å². The minimum absolute atomic E-state index is 0.0204. The lowest BCUT2D eigenvalue weighted by atomic mass is 10.2. The molecule has 0 spiro atoms. The minimum atomic E-state index is -0.386. The fraction of sp³-hybridized carbons (Fsp3) is 0.136. The van der Waals surface area contributed by atoms with Crippen molar-refractivity contribution in [1.82, 2.24) is 9.55 Å². The predicted octanol–water partition coefficient (Wildman–Crippen LogP) is 5.59. The highest BCUT2D eigenvalue weighted by Gasteiger charge is 2.17. The van der Waals surface area contributed by atoms with Crippen molar-refractivity contribution in [1.29, 1.82) is 0 Å². The highest BCUT2D eigenvalue weighted by atomic mass is 35.5. The van der Waals surface area contributed by atoms with Gasteiger partial charge in [0.05, 0.1) is 27.7 Å². The Morgan fingerprint density at radius 2 is 2.03 bits per heavy atom. The van der Waals surface area contributed by atoms with Gasteiger partial charge in [0.15, 0.2) is 5.16 Å². The summed E-state index contributed by atoms with van der Waals surface area (Å²) in [5.41, 5.74) is 2.95. The largest absolute Gasteiger partial charge is 0.324 e. The van der Waals surface area contributed by atoms with Crippen LogP contribution in [0, 0.1) is 19.7 Å². The molecule has 0 unspecified atom stereocenters. The number of rotatable bonds is 5. The van der Waals surface area contributed by atoms with Gasteiger partial charge in [-0.05, 0) is 66.8 Å². The normalized spacial score (nSPS) is 11.1. The van der Waals surface area contributed by atoms with Crippen molar-refractivity contribution in [3.63, 3.8) is 0 Å². The summed E-state index contributed by atoms with van der Waals surface area (Å²) in [6.45, 7) is 3.64. The lowest BCUT2D eigenvalue weighted by molar-refractivity contribution is -0.113. The van der Waals surface area contributed by atoms with Gasteiger partial charge in [-0.3, -0.25) is 14.2 Å². The van der Waals surface area contributed by atoms with Gasteiger partial charge >= 0.3 is 0 Å². The van der Waals surface area contributed by atoms with Gasteiger partial charge < -0.3 is 5.32 Å². The number of anilines is 1. The van der Waals surface area contributed by atoms with Crippen molar-refractivity contribution in [3.8, 4) is 5.69 Å². The van der Waals surface area contributed by atoms with E-state index in [4.69, 9.17) is 11.6 Å². The number of thiophene rings is 1. The van der Waals surface area contributed by atoms with Crippen LogP contribution >= 0.6 is 34.7 Å². The first kappa shape index (κ1) is 21.5. The van der Waals surface area contributed by atoms with Gasteiger partial charge in [-0.2, -0.15) is 0 Å². The number of hydrogen-bond donors (Lipinski definition) is 1. The van der Waals surface area contributed by atoms with Crippen LogP contribution in [0.3, 0.4) is 0 Å². The Morgan fingerprint density at radius 1 is 1.23 bits per heavy atom. The van der Waals surface area contributed by atoms with Crippen molar-refractivity contribution in [2.75, 3.05) is 11.1 Å². The average molecular weight is 474 g/mol. The Kier molecular flexibility index (Phi) is 6.13. The summed E-state index contributed by atoms with van der Waals surface area (Å²) in [6.07, 6.45) is 0. The van der Waals surface area contributed by atoms with E-state index in [9.17, 15) is 14.0 Å². The van der Waals surface area contributed by atoms with Crippen LogP contribution in [-0.4, -0.2) is 21.2 Å². The van der Waals surface area contributed by atoms with Crippen molar-refractivity contribution in [2.45, 2.75) is 19.0 Å². The van der Waals surface area contributed by atoms with Crippen LogP contribution in [0.4, 0.5) is 10.1 Å². The average Bonchev–Trinajstić information content (AvgIpc) is 3.18. The molecule has 0 saturated heterocycles. The fourth-order valence-corrected chi connectivity index (χ4v) is 4.96. The summed E-state index contributed by atoms with van der Waals surface area (Å²) >= 11 is 8.62. The van der Waals surface area contributed by atoms with E-state index >= 15 is 0 Å². The Balaban J connectivity index is 1.66. The Morgan fingerprint density at radius 3 is 2.77 bits per heavy atom. The summed E-state index contributed by atoms with van der Waals surface area (Å²) in [7, 11) is 0. The molecule has 158 valence electrons. The Labute approximate surface area is 190 Å². The van der Waals surface area contributed by atoms with E-state index in [-0.39, 0.29) is 23.0 Å². The van der Waals surface area contributed by atoms with E-state index in [0.29, 0.717) is 37.3 Å². The number of nitrogens with zero attached hydrogens (tertiary/aromatic N) is 2. The minimum Gasteiger partial charge on any atom is -0.324 e. The third-order valence-electron chi connectivity index (χ3n) is 4.58. The highest BCUT2D eigenvalue weighted by Crippen LogP contribution is 2.27. The number of halogens is 2. The lowest BCUT2D eigenvalue weighted by Gasteiger charge is -2.14. The molecule has 0 aliphatic carbocycles. The Hall–Kier alpha value is -2.68. The maximum atomic E-state index is 13.6. The first-order valence-corrected chi connectivity index (χ1v) is 11.5. The third kappa shape index (κ3) is 4.51. The van der Waals surface area contributed by atoms with Gasteiger partial charge in [-0.1, -0.05) is 29.4 Å². The number of benzene rings is 2. The quantitative estimate of drug-likeness (QED) is 0.303. The van der Waals surface area contributed by atoms with Gasteiger partial charge in [-0.25, -0.2) is 9.37 Å². The van der Waals surface area contributed by atoms with Crippen molar-refractivity contribution in [2.24, 2.45) is 0 Å². The second-order valence-corrected chi connectivity index (χ2v) is 9.19. The molecule has 1 N–H and O–H groups in total. The topological polar surface area (TPSA) is 64.0 Å². The molecule has 1 amide bonds. The smallest absolute Gasteiger partial charge is 0.276 e. The second-order valence-electron chi connectivity index (χ2n) is 6.92. The molecule has 31 heavy (non-hydrogen) atoms. The first-order chi connectivity index (χ1) is 14.8. The fourth-order valence-electron chi connectivity index (χ4n) is 3.11. The molecule has 2 heterocycles. The maximum Gasteiger partial charge on any atom is 0.276 e. The monoisotopic (exact) mass is 473 g/mol. The second kappa shape index (κ2) is 8.82. The number of aromatic nitrogens is 2. The van der Waals surface area contributed by atoms with Crippen molar-refractivity contribution in [3.05, 3.63) is 80.2 Å². The number of carbonyl (C=O) groups is 1. The third-order valence-corrected chi connectivity index (χ3v) is 6.72. The number of aryl methyl sites for hydroxylation is 2. The molecule has 0 bridgehead atoms. The number of carbonyl (C=O) groups excluding carboxylic acids is 1. The van der Waals surface area contributed by atoms with Gasteiger partial charge in [0, 0.05) is 0 Å². The summed E-state index contributed by atoms with van der Waals surface area (Å²) in [5.74, 6) is -0.646. The van der Waals surface area contributed by atoms with Crippen molar-refractivity contribution < 1.29 is 9.18 Å². The zero-order valence-corrected chi connectivity index (χ0v) is 19.0. The summed E-state index contributed by atoms with van der Waals surface area (Å²) < 4.78 is 15.6. The molecular formula is C22H17ClFN3O2S2.